The average molecular weight is 280 g/mol. The zero-order chi connectivity index (χ0) is 14.7. The van der Waals surface area contributed by atoms with Gasteiger partial charge in [0.15, 0.2) is 0 Å². The number of amides is 1. The summed E-state index contributed by atoms with van der Waals surface area (Å²) in [6.07, 6.45) is 3.12. The number of anilines is 2. The Hall–Kier alpha value is -2.29. The van der Waals surface area contributed by atoms with E-state index in [-0.39, 0.29) is 5.91 Å². The molecule has 1 amide bonds. The zero-order valence-electron chi connectivity index (χ0n) is 12.3. The highest BCUT2D eigenvalue weighted by atomic mass is 16.1. The minimum absolute atomic E-state index is 0.0468. The first-order chi connectivity index (χ1) is 10.3. The van der Waals surface area contributed by atoms with Crippen molar-refractivity contribution in [2.75, 3.05) is 17.2 Å². The van der Waals surface area contributed by atoms with Crippen molar-refractivity contribution in [1.82, 2.24) is 0 Å². The standard InChI is InChI=1S/C18H20N2O/c1-2-13-6-3-9-15(12-13)20-18(21)16-10-4-7-14-8-5-11-19-17(14)16/h3-4,6-7,9-10,12,19H,2,5,8,11H2,1H3,(H,20,21). The largest absolute Gasteiger partial charge is 0.384 e. The van der Waals surface area contributed by atoms with E-state index in [9.17, 15) is 4.79 Å². The van der Waals surface area contributed by atoms with E-state index in [4.69, 9.17) is 0 Å². The molecule has 3 nitrogen and oxygen atoms in total. The molecule has 1 aliphatic rings. The number of hydrogen-bond acceptors (Lipinski definition) is 2. The molecule has 3 heteroatoms. The predicted molar refractivity (Wildman–Crippen MR) is 87.0 cm³/mol. The molecule has 0 fully saturated rings. The van der Waals surface area contributed by atoms with Crippen molar-refractivity contribution < 1.29 is 4.79 Å². The Kier molecular flexibility index (Phi) is 3.91. The van der Waals surface area contributed by atoms with Crippen LogP contribution in [0.3, 0.4) is 0 Å². The van der Waals surface area contributed by atoms with E-state index < -0.39 is 0 Å². The normalized spacial score (nSPS) is 13.2. The van der Waals surface area contributed by atoms with Crippen LogP contribution in [0.15, 0.2) is 42.5 Å². The monoisotopic (exact) mass is 280 g/mol. The fourth-order valence-electron chi connectivity index (χ4n) is 2.77. The molecule has 21 heavy (non-hydrogen) atoms. The van der Waals surface area contributed by atoms with Crippen LogP contribution in [0.1, 0.15) is 34.8 Å². The number of nitrogens with one attached hydrogen (secondary N) is 2. The van der Waals surface area contributed by atoms with Gasteiger partial charge in [0.2, 0.25) is 0 Å². The van der Waals surface area contributed by atoms with Crippen LogP contribution < -0.4 is 10.6 Å². The summed E-state index contributed by atoms with van der Waals surface area (Å²) in [4.78, 5) is 12.5. The number of para-hydroxylation sites is 1. The lowest BCUT2D eigenvalue weighted by atomic mass is 9.99. The second-order valence-electron chi connectivity index (χ2n) is 5.38. The van der Waals surface area contributed by atoms with Crippen LogP contribution >= 0.6 is 0 Å². The summed E-state index contributed by atoms with van der Waals surface area (Å²) < 4.78 is 0. The van der Waals surface area contributed by atoms with Gasteiger partial charge in [-0.15, -0.1) is 0 Å². The molecule has 0 aromatic heterocycles. The van der Waals surface area contributed by atoms with Crippen molar-refractivity contribution in [2.45, 2.75) is 26.2 Å². The highest BCUT2D eigenvalue weighted by Crippen LogP contribution is 2.26. The summed E-state index contributed by atoms with van der Waals surface area (Å²) in [5, 5.41) is 6.36. The quantitative estimate of drug-likeness (QED) is 0.896. The lowest BCUT2D eigenvalue weighted by Crippen LogP contribution is -2.19. The first-order valence-electron chi connectivity index (χ1n) is 7.54. The summed E-state index contributed by atoms with van der Waals surface area (Å²) in [5.74, 6) is -0.0468. The van der Waals surface area contributed by atoms with Gasteiger partial charge in [0.05, 0.1) is 11.3 Å². The van der Waals surface area contributed by atoms with Crippen molar-refractivity contribution in [1.29, 1.82) is 0 Å². The average Bonchev–Trinajstić information content (AvgIpc) is 2.54. The molecule has 0 saturated carbocycles. The van der Waals surface area contributed by atoms with Gasteiger partial charge >= 0.3 is 0 Å². The maximum absolute atomic E-state index is 12.5. The molecule has 0 radical (unpaired) electrons. The Balaban J connectivity index is 1.85. The second-order valence-corrected chi connectivity index (χ2v) is 5.38. The third-order valence-corrected chi connectivity index (χ3v) is 3.91. The van der Waals surface area contributed by atoms with E-state index in [0.29, 0.717) is 0 Å². The Morgan fingerprint density at radius 2 is 2.10 bits per heavy atom. The fourth-order valence-corrected chi connectivity index (χ4v) is 2.77. The number of rotatable bonds is 3. The summed E-state index contributed by atoms with van der Waals surface area (Å²) in [5.41, 5.74) is 5.03. The second kappa shape index (κ2) is 6.00. The molecule has 0 unspecified atom stereocenters. The highest BCUT2D eigenvalue weighted by Gasteiger charge is 2.17. The van der Waals surface area contributed by atoms with E-state index in [1.54, 1.807) is 0 Å². The van der Waals surface area contributed by atoms with Crippen molar-refractivity contribution in [3.05, 3.63) is 59.2 Å². The third-order valence-electron chi connectivity index (χ3n) is 3.91. The van der Waals surface area contributed by atoms with Crippen LogP contribution in [0, 0.1) is 0 Å². The summed E-state index contributed by atoms with van der Waals surface area (Å²) in [6, 6.07) is 13.9. The highest BCUT2D eigenvalue weighted by molar-refractivity contribution is 6.08. The number of carbonyl (C=O) groups excluding carboxylic acids is 1. The topological polar surface area (TPSA) is 41.1 Å². The van der Waals surface area contributed by atoms with E-state index in [2.05, 4.69) is 29.7 Å². The van der Waals surface area contributed by atoms with Crippen LogP contribution in [0.2, 0.25) is 0 Å². The molecule has 2 aromatic rings. The molecule has 1 aliphatic heterocycles. The van der Waals surface area contributed by atoms with Gasteiger partial charge in [-0.1, -0.05) is 31.2 Å². The van der Waals surface area contributed by atoms with Crippen LogP contribution in [-0.2, 0) is 12.8 Å². The third kappa shape index (κ3) is 2.92. The lowest BCUT2D eigenvalue weighted by Gasteiger charge is -2.20. The van der Waals surface area contributed by atoms with Gasteiger partial charge in [-0.2, -0.15) is 0 Å². The van der Waals surface area contributed by atoms with Gasteiger partial charge in [0.1, 0.15) is 0 Å². The summed E-state index contributed by atoms with van der Waals surface area (Å²) >= 11 is 0. The van der Waals surface area contributed by atoms with Gasteiger partial charge in [-0.3, -0.25) is 4.79 Å². The van der Waals surface area contributed by atoms with Crippen molar-refractivity contribution >= 4 is 17.3 Å². The Morgan fingerprint density at radius 3 is 2.95 bits per heavy atom. The first kappa shape index (κ1) is 13.7. The lowest BCUT2D eigenvalue weighted by molar-refractivity contribution is 0.102. The summed E-state index contributed by atoms with van der Waals surface area (Å²) in [6.45, 7) is 3.04. The first-order valence-corrected chi connectivity index (χ1v) is 7.54. The Morgan fingerprint density at radius 1 is 1.24 bits per heavy atom. The Labute approximate surface area is 125 Å². The van der Waals surface area contributed by atoms with Crippen molar-refractivity contribution in [3.63, 3.8) is 0 Å². The minimum atomic E-state index is -0.0468. The molecule has 108 valence electrons. The summed E-state index contributed by atoms with van der Waals surface area (Å²) in [7, 11) is 0. The smallest absolute Gasteiger partial charge is 0.257 e. The maximum atomic E-state index is 12.5. The van der Waals surface area contributed by atoms with E-state index >= 15 is 0 Å². The number of carbonyl (C=O) groups is 1. The molecule has 0 saturated heterocycles. The minimum Gasteiger partial charge on any atom is -0.384 e. The van der Waals surface area contributed by atoms with Crippen LogP contribution in [0.25, 0.3) is 0 Å². The number of aryl methyl sites for hydroxylation is 2. The van der Waals surface area contributed by atoms with Gasteiger partial charge in [0, 0.05) is 12.2 Å². The van der Waals surface area contributed by atoms with E-state index in [1.807, 2.05) is 30.3 Å². The van der Waals surface area contributed by atoms with Crippen LogP contribution in [0.4, 0.5) is 11.4 Å². The van der Waals surface area contributed by atoms with Crippen LogP contribution in [0.5, 0.6) is 0 Å². The maximum Gasteiger partial charge on any atom is 0.257 e. The molecule has 3 rings (SSSR count). The van der Waals surface area contributed by atoms with Gasteiger partial charge in [-0.05, 0) is 48.6 Å². The zero-order valence-corrected chi connectivity index (χ0v) is 12.3. The number of benzene rings is 2. The molecular formula is C18H20N2O. The van der Waals surface area contributed by atoms with E-state index in [1.165, 1.54) is 11.1 Å². The molecule has 0 aliphatic carbocycles. The molecule has 0 atom stereocenters. The predicted octanol–water partition coefficient (Wildman–Crippen LogP) is 3.86. The van der Waals surface area contributed by atoms with Crippen molar-refractivity contribution in [2.24, 2.45) is 0 Å². The molecule has 1 heterocycles. The van der Waals surface area contributed by atoms with Gasteiger partial charge in [-0.25, -0.2) is 0 Å². The van der Waals surface area contributed by atoms with E-state index in [0.717, 1.165) is 42.7 Å². The Bertz CT molecular complexity index is 664. The van der Waals surface area contributed by atoms with Gasteiger partial charge < -0.3 is 10.6 Å². The number of fused-ring (bicyclic) bond motifs is 1. The SMILES string of the molecule is CCc1cccc(NC(=O)c2cccc3c2NCCC3)c1. The molecular weight excluding hydrogens is 260 g/mol. The molecule has 2 aromatic carbocycles. The van der Waals surface area contributed by atoms with Crippen LogP contribution in [-0.4, -0.2) is 12.5 Å². The molecule has 0 spiro atoms. The van der Waals surface area contributed by atoms with Crippen molar-refractivity contribution in [3.8, 4) is 0 Å². The fraction of sp³-hybridized carbons (Fsp3) is 0.278. The molecule has 0 bridgehead atoms. The van der Waals surface area contributed by atoms with Gasteiger partial charge in [0.25, 0.3) is 5.91 Å². The molecule has 2 N–H and O–H groups in total. The number of hydrogen-bond donors (Lipinski definition) is 2.